The molecule has 0 aliphatic heterocycles. The van der Waals surface area contributed by atoms with Crippen LogP contribution >= 0.6 is 11.6 Å². The van der Waals surface area contributed by atoms with Gasteiger partial charge in [0, 0.05) is 6.42 Å². The van der Waals surface area contributed by atoms with Gasteiger partial charge in [0.2, 0.25) is 0 Å². The molecule has 1 aromatic carbocycles. The quantitative estimate of drug-likeness (QED) is 0.862. The Morgan fingerprint density at radius 2 is 2.27 bits per heavy atom. The van der Waals surface area contributed by atoms with E-state index in [4.69, 9.17) is 11.6 Å². The Hall–Kier alpha value is -0.930. The lowest BCUT2D eigenvalue weighted by Gasteiger charge is -2.07. The van der Waals surface area contributed by atoms with Crippen LogP contribution in [0.25, 0.3) is 0 Å². The van der Waals surface area contributed by atoms with Crippen LogP contribution in [0.4, 0.5) is 4.39 Å². The molecular weight excluding hydrogens is 219 g/mol. The van der Waals surface area contributed by atoms with Gasteiger partial charge in [-0.2, -0.15) is 0 Å². The Bertz CT molecular complexity index is 366. The molecule has 1 atom stereocenters. The number of hydrogen-bond donors (Lipinski definition) is 1. The predicted molar refractivity (Wildman–Crippen MR) is 56.4 cm³/mol. The number of ketones is 1. The summed E-state index contributed by atoms with van der Waals surface area (Å²) in [5.74, 6) is -0.977. The molecule has 1 aromatic rings. The van der Waals surface area contributed by atoms with Crippen molar-refractivity contribution < 1.29 is 14.3 Å². The van der Waals surface area contributed by atoms with Crippen molar-refractivity contribution in [3.63, 3.8) is 0 Å². The molecule has 82 valence electrons. The first-order valence-electron chi connectivity index (χ1n) is 4.70. The lowest BCUT2D eigenvalue weighted by Crippen LogP contribution is -2.21. The van der Waals surface area contributed by atoms with Gasteiger partial charge in [-0.15, -0.1) is 0 Å². The zero-order valence-corrected chi connectivity index (χ0v) is 9.09. The van der Waals surface area contributed by atoms with Crippen molar-refractivity contribution in [3.8, 4) is 0 Å². The average molecular weight is 231 g/mol. The zero-order chi connectivity index (χ0) is 11.4. The number of hydrogen-bond acceptors (Lipinski definition) is 2. The van der Waals surface area contributed by atoms with Crippen LogP contribution in [0.3, 0.4) is 0 Å². The maximum absolute atomic E-state index is 13.4. The van der Waals surface area contributed by atoms with E-state index in [0.717, 1.165) is 0 Å². The summed E-state index contributed by atoms with van der Waals surface area (Å²) in [4.78, 5) is 11.3. The number of benzene rings is 1. The number of aliphatic hydroxyl groups excluding tert-OH is 1. The fourth-order valence-electron chi connectivity index (χ4n) is 1.22. The molecule has 1 N–H and O–H groups in total. The lowest BCUT2D eigenvalue weighted by molar-refractivity contribution is -0.126. The first kappa shape index (κ1) is 12.1. The van der Waals surface area contributed by atoms with Gasteiger partial charge in [0.25, 0.3) is 0 Å². The van der Waals surface area contributed by atoms with E-state index in [0.29, 0.717) is 6.42 Å². The van der Waals surface area contributed by atoms with Crippen molar-refractivity contribution in [2.75, 3.05) is 0 Å². The van der Waals surface area contributed by atoms with Crippen LogP contribution in [0.5, 0.6) is 0 Å². The molecule has 0 fully saturated rings. The van der Waals surface area contributed by atoms with Crippen LogP contribution in [0.1, 0.15) is 18.9 Å². The number of aliphatic hydroxyl groups is 1. The summed E-state index contributed by atoms with van der Waals surface area (Å²) < 4.78 is 13.4. The maximum Gasteiger partial charge on any atom is 0.165 e. The van der Waals surface area contributed by atoms with E-state index >= 15 is 0 Å². The largest absolute Gasteiger partial charge is 0.385 e. The summed E-state index contributed by atoms with van der Waals surface area (Å²) in [5, 5.41) is 9.23. The fraction of sp³-hybridized carbons (Fsp3) is 0.364. The fourth-order valence-corrected chi connectivity index (χ4v) is 1.41. The standard InChI is InChI=1S/C11H12ClFO2/c1-2-9(14)10(15)6-7-4-3-5-8(12)11(7)13/h3-5,9,14H,2,6H2,1H3. The molecule has 0 bridgehead atoms. The molecule has 0 spiro atoms. The number of halogens is 2. The molecule has 1 rings (SSSR count). The van der Waals surface area contributed by atoms with Crippen LogP contribution in [0.2, 0.25) is 5.02 Å². The number of rotatable bonds is 4. The second-order valence-corrected chi connectivity index (χ2v) is 3.69. The second-order valence-electron chi connectivity index (χ2n) is 3.28. The molecular formula is C11H12ClFO2. The van der Waals surface area contributed by atoms with Gasteiger partial charge in [0.15, 0.2) is 5.78 Å². The van der Waals surface area contributed by atoms with Gasteiger partial charge in [-0.05, 0) is 18.1 Å². The predicted octanol–water partition coefficient (Wildman–Crippen LogP) is 2.36. The molecule has 0 radical (unpaired) electrons. The topological polar surface area (TPSA) is 37.3 Å². The summed E-state index contributed by atoms with van der Waals surface area (Å²) in [6.45, 7) is 1.69. The molecule has 15 heavy (non-hydrogen) atoms. The Balaban J connectivity index is 2.81. The van der Waals surface area contributed by atoms with Crippen LogP contribution in [0.15, 0.2) is 18.2 Å². The van der Waals surface area contributed by atoms with Crippen LogP contribution in [0, 0.1) is 5.82 Å². The van der Waals surface area contributed by atoms with Crippen LogP contribution in [-0.4, -0.2) is 17.0 Å². The highest BCUT2D eigenvalue weighted by molar-refractivity contribution is 6.30. The molecule has 0 amide bonds. The van der Waals surface area contributed by atoms with Gasteiger partial charge in [-0.25, -0.2) is 4.39 Å². The highest BCUT2D eigenvalue weighted by atomic mass is 35.5. The van der Waals surface area contributed by atoms with E-state index in [1.54, 1.807) is 13.0 Å². The van der Waals surface area contributed by atoms with Crippen molar-refractivity contribution in [2.24, 2.45) is 0 Å². The normalized spacial score (nSPS) is 12.5. The van der Waals surface area contributed by atoms with Crippen molar-refractivity contribution in [1.29, 1.82) is 0 Å². The van der Waals surface area contributed by atoms with E-state index in [-0.39, 0.29) is 17.0 Å². The van der Waals surface area contributed by atoms with E-state index < -0.39 is 17.7 Å². The Labute approximate surface area is 92.7 Å². The second kappa shape index (κ2) is 5.24. The Morgan fingerprint density at radius 1 is 1.60 bits per heavy atom. The van der Waals surface area contributed by atoms with Crippen molar-refractivity contribution >= 4 is 17.4 Å². The maximum atomic E-state index is 13.4. The molecule has 0 aliphatic carbocycles. The molecule has 0 heterocycles. The minimum absolute atomic E-state index is 0.00807. The molecule has 4 heteroatoms. The van der Waals surface area contributed by atoms with Gasteiger partial charge in [-0.1, -0.05) is 30.7 Å². The zero-order valence-electron chi connectivity index (χ0n) is 8.34. The van der Waals surface area contributed by atoms with Crippen LogP contribution < -0.4 is 0 Å². The highest BCUT2D eigenvalue weighted by Crippen LogP contribution is 2.18. The van der Waals surface area contributed by atoms with Crippen LogP contribution in [-0.2, 0) is 11.2 Å². The third-order valence-electron chi connectivity index (χ3n) is 2.15. The molecule has 0 aliphatic rings. The van der Waals surface area contributed by atoms with Gasteiger partial charge in [0.1, 0.15) is 11.9 Å². The Morgan fingerprint density at radius 3 is 2.87 bits per heavy atom. The summed E-state index contributed by atoms with van der Waals surface area (Å²) in [5.41, 5.74) is 0.222. The first-order valence-corrected chi connectivity index (χ1v) is 5.07. The molecule has 0 saturated carbocycles. The summed E-state index contributed by atoms with van der Waals surface area (Å²) in [7, 11) is 0. The minimum Gasteiger partial charge on any atom is -0.385 e. The first-order chi connectivity index (χ1) is 7.06. The number of Topliss-reactive ketones (excluding diaryl/α,β-unsaturated/α-hetero) is 1. The minimum atomic E-state index is -1.02. The van der Waals surface area contributed by atoms with Gasteiger partial charge >= 0.3 is 0 Å². The molecule has 2 nitrogen and oxygen atoms in total. The molecule has 1 unspecified atom stereocenters. The number of carbonyl (C=O) groups excluding carboxylic acids is 1. The highest BCUT2D eigenvalue weighted by Gasteiger charge is 2.16. The van der Waals surface area contributed by atoms with Crippen molar-refractivity contribution in [3.05, 3.63) is 34.6 Å². The summed E-state index contributed by atoms with van der Waals surface area (Å²) in [6.07, 6.45) is -0.814. The van der Waals surface area contributed by atoms with E-state index in [1.807, 2.05) is 0 Å². The summed E-state index contributed by atoms with van der Waals surface area (Å²) in [6, 6.07) is 4.48. The Kier molecular flexibility index (Phi) is 4.24. The van der Waals surface area contributed by atoms with E-state index in [9.17, 15) is 14.3 Å². The summed E-state index contributed by atoms with van der Waals surface area (Å²) >= 11 is 5.56. The van der Waals surface area contributed by atoms with E-state index in [1.165, 1.54) is 12.1 Å². The number of carbonyl (C=O) groups is 1. The SMILES string of the molecule is CCC(O)C(=O)Cc1cccc(Cl)c1F. The van der Waals surface area contributed by atoms with Gasteiger partial charge in [-0.3, -0.25) is 4.79 Å². The third kappa shape index (κ3) is 3.01. The van der Waals surface area contributed by atoms with E-state index in [2.05, 4.69) is 0 Å². The lowest BCUT2D eigenvalue weighted by atomic mass is 10.0. The monoisotopic (exact) mass is 230 g/mol. The molecule has 0 aromatic heterocycles. The third-order valence-corrected chi connectivity index (χ3v) is 2.45. The van der Waals surface area contributed by atoms with Gasteiger partial charge in [0.05, 0.1) is 5.02 Å². The van der Waals surface area contributed by atoms with Gasteiger partial charge < -0.3 is 5.11 Å². The smallest absolute Gasteiger partial charge is 0.165 e. The average Bonchev–Trinajstić information content (AvgIpc) is 2.23. The van der Waals surface area contributed by atoms with Crippen molar-refractivity contribution in [2.45, 2.75) is 25.9 Å². The molecule has 0 saturated heterocycles. The van der Waals surface area contributed by atoms with Crippen molar-refractivity contribution in [1.82, 2.24) is 0 Å².